The Labute approximate surface area is 108 Å². The molecule has 0 aliphatic heterocycles. The summed E-state index contributed by atoms with van der Waals surface area (Å²) in [6.45, 7) is 0. The van der Waals surface area contributed by atoms with Crippen molar-refractivity contribution in [2.45, 2.75) is 50.6 Å². The van der Waals surface area contributed by atoms with E-state index in [1.807, 2.05) is 12.3 Å². The van der Waals surface area contributed by atoms with E-state index in [0.29, 0.717) is 12.1 Å². The molecule has 0 radical (unpaired) electrons. The number of aromatic nitrogens is 1. The quantitative estimate of drug-likeness (QED) is 0.866. The molecule has 2 aliphatic carbocycles. The van der Waals surface area contributed by atoms with Crippen LogP contribution in [0.25, 0.3) is 0 Å². The van der Waals surface area contributed by atoms with Crippen LogP contribution in [0.15, 0.2) is 18.3 Å². The van der Waals surface area contributed by atoms with Crippen LogP contribution in [-0.2, 0) is 6.42 Å². The number of hydrogen-bond donors (Lipinski definition) is 1. The molecule has 1 heterocycles. The molecule has 1 aromatic rings. The Bertz CT molecular complexity index is 463. The van der Waals surface area contributed by atoms with Gasteiger partial charge in [-0.05, 0) is 43.7 Å². The molecule has 1 saturated carbocycles. The van der Waals surface area contributed by atoms with Gasteiger partial charge < -0.3 is 5.32 Å². The molecule has 0 bridgehead atoms. The lowest BCUT2D eigenvalue weighted by Gasteiger charge is -2.29. The average Bonchev–Trinajstić information content (AvgIpc) is 2.86. The second kappa shape index (κ2) is 5.07. The minimum Gasteiger partial charge on any atom is -0.305 e. The largest absolute Gasteiger partial charge is 0.305 e. The standard InChI is InChI=1S/C15H19N3/c16-10-12-5-2-7-13(12)18-14-8-1-4-11-6-3-9-17-15(11)14/h3,6,9,12-14,18H,1-2,4-5,7-8H2. The normalized spacial score (nSPS) is 30.7. The molecular formula is C15H19N3. The van der Waals surface area contributed by atoms with Crippen molar-refractivity contribution in [2.75, 3.05) is 0 Å². The Kier molecular flexibility index (Phi) is 3.29. The van der Waals surface area contributed by atoms with Crippen LogP contribution in [0.1, 0.15) is 49.4 Å². The van der Waals surface area contributed by atoms with Gasteiger partial charge in [0.1, 0.15) is 0 Å². The van der Waals surface area contributed by atoms with E-state index in [9.17, 15) is 0 Å². The topological polar surface area (TPSA) is 48.7 Å². The highest BCUT2D eigenvalue weighted by Gasteiger charge is 2.31. The van der Waals surface area contributed by atoms with Gasteiger partial charge in [-0.3, -0.25) is 4.98 Å². The summed E-state index contributed by atoms with van der Waals surface area (Å²) >= 11 is 0. The first kappa shape index (κ1) is 11.7. The van der Waals surface area contributed by atoms with Crippen LogP contribution in [0.4, 0.5) is 0 Å². The van der Waals surface area contributed by atoms with E-state index >= 15 is 0 Å². The predicted octanol–water partition coefficient (Wildman–Crippen LogP) is 2.74. The van der Waals surface area contributed by atoms with E-state index in [2.05, 4.69) is 22.4 Å². The van der Waals surface area contributed by atoms with Crippen molar-refractivity contribution in [2.24, 2.45) is 5.92 Å². The van der Waals surface area contributed by atoms with Crippen molar-refractivity contribution < 1.29 is 0 Å². The Morgan fingerprint density at radius 3 is 3.11 bits per heavy atom. The number of pyridine rings is 1. The molecule has 3 atom stereocenters. The van der Waals surface area contributed by atoms with Gasteiger partial charge in [-0.2, -0.15) is 5.26 Å². The maximum absolute atomic E-state index is 9.16. The molecule has 18 heavy (non-hydrogen) atoms. The van der Waals surface area contributed by atoms with Gasteiger partial charge in [0.05, 0.1) is 23.7 Å². The van der Waals surface area contributed by atoms with E-state index in [1.54, 1.807) is 0 Å². The number of aryl methyl sites for hydroxylation is 1. The molecular weight excluding hydrogens is 222 g/mol. The maximum atomic E-state index is 9.16. The fourth-order valence-corrected chi connectivity index (χ4v) is 3.34. The van der Waals surface area contributed by atoms with Gasteiger partial charge >= 0.3 is 0 Å². The van der Waals surface area contributed by atoms with Gasteiger partial charge in [-0.25, -0.2) is 0 Å². The second-order valence-corrected chi connectivity index (χ2v) is 5.43. The number of nitriles is 1. The second-order valence-electron chi connectivity index (χ2n) is 5.43. The van der Waals surface area contributed by atoms with E-state index < -0.39 is 0 Å². The smallest absolute Gasteiger partial charge is 0.0672 e. The van der Waals surface area contributed by atoms with Crippen LogP contribution in [0.3, 0.4) is 0 Å². The predicted molar refractivity (Wildman–Crippen MR) is 69.8 cm³/mol. The van der Waals surface area contributed by atoms with Gasteiger partial charge in [0.2, 0.25) is 0 Å². The zero-order valence-corrected chi connectivity index (χ0v) is 10.6. The molecule has 0 spiro atoms. The van der Waals surface area contributed by atoms with Crippen molar-refractivity contribution in [1.82, 2.24) is 10.3 Å². The number of hydrogen-bond acceptors (Lipinski definition) is 3. The first-order valence-electron chi connectivity index (χ1n) is 6.98. The summed E-state index contributed by atoms with van der Waals surface area (Å²) in [6, 6.07) is 7.38. The van der Waals surface area contributed by atoms with E-state index in [4.69, 9.17) is 5.26 Å². The van der Waals surface area contributed by atoms with E-state index in [-0.39, 0.29) is 5.92 Å². The molecule has 0 saturated heterocycles. The molecule has 1 N–H and O–H groups in total. The SMILES string of the molecule is N#CC1CCCC1NC1CCCc2cccnc21. The fourth-order valence-electron chi connectivity index (χ4n) is 3.34. The van der Waals surface area contributed by atoms with Crippen LogP contribution in [0, 0.1) is 17.2 Å². The zero-order chi connectivity index (χ0) is 12.4. The average molecular weight is 241 g/mol. The number of nitrogens with zero attached hydrogens (tertiary/aromatic N) is 2. The molecule has 0 aromatic carbocycles. The highest BCUT2D eigenvalue weighted by Crippen LogP contribution is 2.32. The molecule has 94 valence electrons. The third kappa shape index (κ3) is 2.13. The number of nitrogens with one attached hydrogen (secondary N) is 1. The monoisotopic (exact) mass is 241 g/mol. The molecule has 1 aromatic heterocycles. The summed E-state index contributed by atoms with van der Waals surface area (Å²) in [5.74, 6) is 0.194. The van der Waals surface area contributed by atoms with Crippen LogP contribution >= 0.6 is 0 Å². The number of rotatable bonds is 2. The first-order chi connectivity index (χ1) is 8.88. The third-order valence-electron chi connectivity index (χ3n) is 4.29. The summed E-state index contributed by atoms with van der Waals surface area (Å²) in [4.78, 5) is 4.55. The summed E-state index contributed by atoms with van der Waals surface area (Å²) in [5.41, 5.74) is 2.60. The van der Waals surface area contributed by atoms with Crippen molar-refractivity contribution in [3.63, 3.8) is 0 Å². The summed E-state index contributed by atoms with van der Waals surface area (Å²) in [5, 5.41) is 12.8. The zero-order valence-electron chi connectivity index (χ0n) is 10.6. The minimum atomic E-state index is 0.194. The molecule has 3 nitrogen and oxygen atoms in total. The Hall–Kier alpha value is -1.40. The van der Waals surface area contributed by atoms with Crippen LogP contribution < -0.4 is 5.32 Å². The fraction of sp³-hybridized carbons (Fsp3) is 0.600. The van der Waals surface area contributed by atoms with Gasteiger partial charge in [0.15, 0.2) is 0 Å². The van der Waals surface area contributed by atoms with Gasteiger partial charge in [0.25, 0.3) is 0 Å². The van der Waals surface area contributed by atoms with Crippen LogP contribution in [0.2, 0.25) is 0 Å². The lowest BCUT2D eigenvalue weighted by molar-refractivity contribution is 0.363. The molecule has 3 rings (SSSR count). The van der Waals surface area contributed by atoms with Crippen molar-refractivity contribution in [3.8, 4) is 6.07 Å². The van der Waals surface area contributed by atoms with E-state index in [0.717, 1.165) is 25.7 Å². The third-order valence-corrected chi connectivity index (χ3v) is 4.29. The van der Waals surface area contributed by atoms with Crippen LogP contribution in [-0.4, -0.2) is 11.0 Å². The summed E-state index contributed by atoms with van der Waals surface area (Å²) < 4.78 is 0. The lowest BCUT2D eigenvalue weighted by atomic mass is 9.90. The van der Waals surface area contributed by atoms with Crippen molar-refractivity contribution in [1.29, 1.82) is 5.26 Å². The molecule has 0 amide bonds. The first-order valence-corrected chi connectivity index (χ1v) is 6.98. The Morgan fingerprint density at radius 2 is 2.22 bits per heavy atom. The lowest BCUT2D eigenvalue weighted by Crippen LogP contribution is -2.37. The summed E-state index contributed by atoms with van der Waals surface area (Å²) in [7, 11) is 0. The minimum absolute atomic E-state index is 0.194. The van der Waals surface area contributed by atoms with Crippen molar-refractivity contribution >= 4 is 0 Å². The highest BCUT2D eigenvalue weighted by atomic mass is 15.0. The van der Waals surface area contributed by atoms with Crippen LogP contribution in [0.5, 0.6) is 0 Å². The summed E-state index contributed by atoms with van der Waals surface area (Å²) in [6.07, 6.45) is 8.77. The molecule has 2 aliphatic rings. The number of fused-ring (bicyclic) bond motifs is 1. The van der Waals surface area contributed by atoms with Crippen molar-refractivity contribution in [3.05, 3.63) is 29.6 Å². The Balaban J connectivity index is 1.76. The Morgan fingerprint density at radius 1 is 1.28 bits per heavy atom. The van der Waals surface area contributed by atoms with E-state index in [1.165, 1.54) is 24.1 Å². The molecule has 1 fully saturated rings. The van der Waals surface area contributed by atoms with Gasteiger partial charge in [-0.15, -0.1) is 0 Å². The molecule has 3 heteroatoms. The molecule has 3 unspecified atom stereocenters. The van der Waals surface area contributed by atoms with Gasteiger partial charge in [-0.1, -0.05) is 12.5 Å². The highest BCUT2D eigenvalue weighted by molar-refractivity contribution is 5.25. The van der Waals surface area contributed by atoms with Gasteiger partial charge in [0, 0.05) is 12.2 Å². The maximum Gasteiger partial charge on any atom is 0.0672 e.